The number of aryl methyl sites for hydroxylation is 3. The van der Waals surface area contributed by atoms with Gasteiger partial charge in [-0.05, 0) is 92.9 Å². The number of carbonyl (C=O) groups excluding carboxylic acids is 1. The number of urea groups is 1. The van der Waals surface area contributed by atoms with E-state index in [1.54, 1.807) is 0 Å². The molecule has 0 aliphatic carbocycles. The van der Waals surface area contributed by atoms with E-state index >= 15 is 0 Å². The molecule has 0 fully saturated rings. The van der Waals surface area contributed by atoms with E-state index in [0.29, 0.717) is 13.2 Å². The molecule has 3 heterocycles. The van der Waals surface area contributed by atoms with Crippen LogP contribution in [-0.4, -0.2) is 31.9 Å². The van der Waals surface area contributed by atoms with E-state index in [1.165, 1.54) is 5.56 Å². The first kappa shape index (κ1) is 25.5. The second-order valence-electron chi connectivity index (χ2n) is 10.2. The number of benzene rings is 3. The number of nitrogens with zero attached hydrogens (tertiary/aromatic N) is 4. The first-order valence-electron chi connectivity index (χ1n) is 13.6. The third-order valence-electron chi connectivity index (χ3n) is 7.59. The Kier molecular flexibility index (Phi) is 6.64. The van der Waals surface area contributed by atoms with Crippen molar-refractivity contribution in [2.75, 3.05) is 11.9 Å². The largest absolute Gasteiger partial charge is 0.494 e. The Labute approximate surface area is 234 Å². The molecule has 0 bridgehead atoms. The maximum Gasteiger partial charge on any atom is 0.322 e. The van der Waals surface area contributed by atoms with Gasteiger partial charge in [0.1, 0.15) is 11.6 Å². The second kappa shape index (κ2) is 10.4. The van der Waals surface area contributed by atoms with Gasteiger partial charge in [-0.2, -0.15) is 5.10 Å². The summed E-state index contributed by atoms with van der Waals surface area (Å²) in [5, 5.41) is 8.11. The number of fused-ring (bicyclic) bond motifs is 3. The van der Waals surface area contributed by atoms with Gasteiger partial charge in [0.05, 0.1) is 36.3 Å². The molecule has 0 radical (unpaired) electrons. The lowest BCUT2D eigenvalue weighted by atomic mass is 10.0. The van der Waals surface area contributed by atoms with Crippen molar-refractivity contribution in [1.29, 1.82) is 0 Å². The maximum atomic E-state index is 14.2. The molecular formula is C33H33N5O2. The van der Waals surface area contributed by atoms with E-state index in [2.05, 4.69) is 42.1 Å². The van der Waals surface area contributed by atoms with Crippen LogP contribution < -0.4 is 10.1 Å². The van der Waals surface area contributed by atoms with Gasteiger partial charge >= 0.3 is 6.03 Å². The zero-order chi connectivity index (χ0) is 27.8. The van der Waals surface area contributed by atoms with Crippen LogP contribution in [0.4, 0.5) is 10.5 Å². The zero-order valence-electron chi connectivity index (χ0n) is 23.3. The number of hydrogen-bond acceptors (Lipinski definition) is 3. The van der Waals surface area contributed by atoms with Gasteiger partial charge in [-0.15, -0.1) is 0 Å². The summed E-state index contributed by atoms with van der Waals surface area (Å²) in [5.41, 5.74) is 7.88. The predicted molar refractivity (Wildman–Crippen MR) is 158 cm³/mol. The monoisotopic (exact) mass is 531 g/mol. The average Bonchev–Trinajstić information content (AvgIpc) is 3.52. The summed E-state index contributed by atoms with van der Waals surface area (Å²) in [4.78, 5) is 16.1. The van der Waals surface area contributed by atoms with Crippen molar-refractivity contribution in [2.24, 2.45) is 0 Å². The van der Waals surface area contributed by atoms with E-state index in [9.17, 15) is 4.79 Å². The normalized spacial score (nSPS) is 14.3. The fraction of sp³-hybridized carbons (Fsp3) is 0.212. The zero-order valence-corrected chi connectivity index (χ0v) is 23.3. The van der Waals surface area contributed by atoms with E-state index in [1.807, 2.05) is 96.2 Å². The van der Waals surface area contributed by atoms with Crippen molar-refractivity contribution in [3.63, 3.8) is 0 Å². The van der Waals surface area contributed by atoms with Crippen LogP contribution >= 0.6 is 0 Å². The molecule has 1 atom stereocenters. The number of aromatic nitrogens is 3. The highest BCUT2D eigenvalue weighted by Crippen LogP contribution is 2.39. The second-order valence-corrected chi connectivity index (χ2v) is 10.2. The molecule has 3 aromatic carbocycles. The summed E-state index contributed by atoms with van der Waals surface area (Å²) in [6, 6.07) is 27.7. The van der Waals surface area contributed by atoms with Crippen LogP contribution in [0.5, 0.6) is 5.75 Å². The molecule has 0 saturated carbocycles. The Morgan fingerprint density at radius 3 is 2.55 bits per heavy atom. The molecule has 40 heavy (non-hydrogen) atoms. The first-order valence-corrected chi connectivity index (χ1v) is 13.6. The quantitative estimate of drug-likeness (QED) is 0.263. The molecule has 1 aliphatic rings. The SMILES string of the molecule is CCOc1cccc([C@@H]2c3cccn3-c3c(c(C)nn3-c3ccccc3)CN2C(=O)Nc2ccc(C)c(C)c2)c1. The molecule has 1 aliphatic heterocycles. The highest BCUT2D eigenvalue weighted by molar-refractivity contribution is 5.90. The van der Waals surface area contributed by atoms with Gasteiger partial charge in [0.25, 0.3) is 0 Å². The van der Waals surface area contributed by atoms with Gasteiger partial charge < -0.3 is 19.5 Å². The maximum absolute atomic E-state index is 14.2. The Hall–Kier alpha value is -4.78. The standard InChI is InChI=1S/C33H33N5O2/c1-5-40-28-14-9-11-25(20-28)31-30-15-10-18-36(30)32-29(24(4)35-38(32)27-12-7-6-8-13-27)21-37(31)33(39)34-26-17-16-22(2)23(3)19-26/h6-20,31H,5,21H2,1-4H3,(H,34,39)/t31-/m1/s1. The summed E-state index contributed by atoms with van der Waals surface area (Å²) < 4.78 is 10.0. The molecule has 0 saturated heterocycles. The van der Waals surface area contributed by atoms with Gasteiger partial charge in [0.2, 0.25) is 0 Å². The number of ether oxygens (including phenoxy) is 1. The number of nitrogens with one attached hydrogen (secondary N) is 1. The highest BCUT2D eigenvalue weighted by atomic mass is 16.5. The third-order valence-corrected chi connectivity index (χ3v) is 7.59. The van der Waals surface area contributed by atoms with Crippen LogP contribution in [0, 0.1) is 20.8 Å². The number of hydrogen-bond donors (Lipinski definition) is 1. The van der Waals surface area contributed by atoms with Crippen molar-refractivity contribution in [3.05, 3.63) is 125 Å². The van der Waals surface area contributed by atoms with Crippen molar-refractivity contribution < 1.29 is 9.53 Å². The van der Waals surface area contributed by atoms with Crippen LogP contribution in [0.2, 0.25) is 0 Å². The minimum absolute atomic E-state index is 0.178. The van der Waals surface area contributed by atoms with Crippen molar-refractivity contribution in [1.82, 2.24) is 19.2 Å². The van der Waals surface area contributed by atoms with E-state index in [0.717, 1.165) is 51.0 Å². The third kappa shape index (κ3) is 4.53. The first-order chi connectivity index (χ1) is 19.4. The Morgan fingerprint density at radius 1 is 0.950 bits per heavy atom. The molecule has 6 rings (SSSR count). The smallest absolute Gasteiger partial charge is 0.322 e. The number of amides is 2. The lowest BCUT2D eigenvalue weighted by Gasteiger charge is -2.31. The number of carbonyl (C=O) groups is 1. The molecule has 7 heteroatoms. The summed E-state index contributed by atoms with van der Waals surface area (Å²) in [5.74, 6) is 1.72. The number of rotatable bonds is 5. The van der Waals surface area contributed by atoms with E-state index in [-0.39, 0.29) is 12.1 Å². The lowest BCUT2D eigenvalue weighted by molar-refractivity contribution is 0.194. The highest BCUT2D eigenvalue weighted by Gasteiger charge is 2.36. The van der Waals surface area contributed by atoms with Gasteiger partial charge in [0.15, 0.2) is 0 Å². The van der Waals surface area contributed by atoms with Crippen LogP contribution in [0.25, 0.3) is 11.5 Å². The lowest BCUT2D eigenvalue weighted by Crippen LogP contribution is -2.38. The fourth-order valence-corrected chi connectivity index (χ4v) is 5.46. The molecule has 2 aromatic heterocycles. The van der Waals surface area contributed by atoms with Crippen LogP contribution in [0.1, 0.15) is 46.6 Å². The van der Waals surface area contributed by atoms with E-state index in [4.69, 9.17) is 9.84 Å². The van der Waals surface area contributed by atoms with Gasteiger partial charge in [-0.3, -0.25) is 0 Å². The summed E-state index contributed by atoms with van der Waals surface area (Å²) in [7, 11) is 0. The number of anilines is 1. The van der Waals surface area contributed by atoms with Gasteiger partial charge in [-0.1, -0.05) is 36.4 Å². The molecule has 0 unspecified atom stereocenters. The topological polar surface area (TPSA) is 64.3 Å². The van der Waals surface area contributed by atoms with Crippen molar-refractivity contribution in [3.8, 4) is 17.3 Å². The van der Waals surface area contributed by atoms with Crippen LogP contribution in [0.3, 0.4) is 0 Å². The summed E-state index contributed by atoms with van der Waals surface area (Å²) in [6.45, 7) is 9.06. The summed E-state index contributed by atoms with van der Waals surface area (Å²) >= 11 is 0. The molecule has 202 valence electrons. The molecule has 5 aromatic rings. The fourth-order valence-electron chi connectivity index (χ4n) is 5.46. The Bertz CT molecular complexity index is 1680. The van der Waals surface area contributed by atoms with E-state index < -0.39 is 0 Å². The average molecular weight is 532 g/mol. The van der Waals surface area contributed by atoms with Crippen molar-refractivity contribution >= 4 is 11.7 Å². The minimum Gasteiger partial charge on any atom is -0.494 e. The molecule has 7 nitrogen and oxygen atoms in total. The summed E-state index contributed by atoms with van der Waals surface area (Å²) in [6.07, 6.45) is 2.05. The van der Waals surface area contributed by atoms with Crippen LogP contribution in [0.15, 0.2) is 91.1 Å². The molecule has 0 spiro atoms. The predicted octanol–water partition coefficient (Wildman–Crippen LogP) is 7.12. The molecule has 1 N–H and O–H groups in total. The van der Waals surface area contributed by atoms with Crippen molar-refractivity contribution in [2.45, 2.75) is 40.3 Å². The molecular weight excluding hydrogens is 498 g/mol. The minimum atomic E-state index is -0.363. The Morgan fingerprint density at radius 2 is 1.77 bits per heavy atom. The van der Waals surface area contributed by atoms with Crippen LogP contribution in [-0.2, 0) is 6.54 Å². The van der Waals surface area contributed by atoms with Gasteiger partial charge in [0, 0.05) is 17.4 Å². The molecule has 2 amide bonds. The number of para-hydroxylation sites is 1. The van der Waals surface area contributed by atoms with Gasteiger partial charge in [-0.25, -0.2) is 9.48 Å². The Balaban J connectivity index is 1.52.